The van der Waals surface area contributed by atoms with Gasteiger partial charge in [-0.05, 0) is 40.7 Å². The quantitative estimate of drug-likeness (QED) is 0.929. The second kappa shape index (κ2) is 6.59. The molecular weight excluding hydrogens is 324 g/mol. The lowest BCUT2D eigenvalue weighted by atomic mass is 10.1. The van der Waals surface area contributed by atoms with Crippen LogP contribution in [0.1, 0.15) is 18.6 Å². The third kappa shape index (κ3) is 3.37. The van der Waals surface area contributed by atoms with E-state index < -0.39 is 0 Å². The maximum Gasteiger partial charge on any atom is 0.323 e. The van der Waals surface area contributed by atoms with Crippen molar-refractivity contribution in [2.75, 3.05) is 25.5 Å². The largest absolute Gasteiger partial charge is 0.472 e. The molecule has 9 heteroatoms. The zero-order valence-corrected chi connectivity index (χ0v) is 13.8. The van der Waals surface area contributed by atoms with E-state index in [1.54, 1.807) is 16.2 Å². The number of morpholine rings is 1. The second-order valence-electron chi connectivity index (χ2n) is 4.90. The molecule has 3 rings (SSSR count). The minimum atomic E-state index is -0.200. The van der Waals surface area contributed by atoms with Gasteiger partial charge in [0, 0.05) is 6.54 Å². The number of hydrogen-bond donors (Lipinski definition) is 1. The van der Waals surface area contributed by atoms with Crippen LogP contribution < -0.4 is 10.1 Å². The number of urea groups is 1. The maximum absolute atomic E-state index is 12.4. The highest BCUT2D eigenvalue weighted by molar-refractivity contribution is 7.17. The maximum atomic E-state index is 12.4. The molecule has 0 spiro atoms. The molecule has 2 unspecified atom stereocenters. The van der Waals surface area contributed by atoms with Crippen molar-refractivity contribution < 1.29 is 14.3 Å². The number of hydrogen-bond acceptors (Lipinski definition) is 7. The molecule has 0 saturated carbocycles. The molecule has 22 heavy (non-hydrogen) atoms. The smallest absolute Gasteiger partial charge is 0.323 e. The Labute approximate surface area is 135 Å². The van der Waals surface area contributed by atoms with Crippen LogP contribution in [0.5, 0.6) is 5.19 Å². The second-order valence-corrected chi connectivity index (χ2v) is 6.62. The van der Waals surface area contributed by atoms with Crippen LogP contribution in [0.2, 0.25) is 0 Å². The van der Waals surface area contributed by atoms with Gasteiger partial charge in [-0.25, -0.2) is 4.79 Å². The summed E-state index contributed by atoms with van der Waals surface area (Å²) in [5.41, 5.74) is 1.10. The highest BCUT2D eigenvalue weighted by Gasteiger charge is 2.30. The number of amides is 2. The van der Waals surface area contributed by atoms with Crippen LogP contribution >= 0.6 is 22.7 Å². The third-order valence-corrected chi connectivity index (χ3v) is 4.76. The van der Waals surface area contributed by atoms with Gasteiger partial charge in [-0.3, -0.25) is 5.32 Å². The third-order valence-electron chi connectivity index (χ3n) is 3.26. The van der Waals surface area contributed by atoms with Crippen molar-refractivity contribution in [1.82, 2.24) is 15.1 Å². The Kier molecular flexibility index (Phi) is 4.55. The summed E-state index contributed by atoms with van der Waals surface area (Å²) < 4.78 is 10.9. The van der Waals surface area contributed by atoms with E-state index >= 15 is 0 Å². The molecular formula is C13H16N4O3S2. The molecule has 0 bridgehead atoms. The number of anilines is 1. The number of ether oxygens (including phenoxy) is 2. The Morgan fingerprint density at radius 2 is 2.36 bits per heavy atom. The Balaban J connectivity index is 1.66. The monoisotopic (exact) mass is 340 g/mol. The molecule has 7 nitrogen and oxygen atoms in total. The normalized spacial score (nSPS) is 21.6. The number of rotatable bonds is 3. The van der Waals surface area contributed by atoms with Crippen molar-refractivity contribution in [3.8, 4) is 5.19 Å². The van der Waals surface area contributed by atoms with Crippen molar-refractivity contribution >= 4 is 33.8 Å². The predicted octanol–water partition coefficient (Wildman–Crippen LogP) is 2.60. The first-order chi connectivity index (χ1) is 10.7. The summed E-state index contributed by atoms with van der Waals surface area (Å²) in [6.45, 7) is 3.03. The predicted molar refractivity (Wildman–Crippen MR) is 84.7 cm³/mol. The fourth-order valence-electron chi connectivity index (χ4n) is 2.27. The summed E-state index contributed by atoms with van der Waals surface area (Å²) in [5.74, 6) is 0. The summed E-state index contributed by atoms with van der Waals surface area (Å²) in [7, 11) is 1.52. The van der Waals surface area contributed by atoms with Gasteiger partial charge in [0.05, 0.1) is 19.8 Å². The van der Waals surface area contributed by atoms with Gasteiger partial charge < -0.3 is 14.4 Å². The molecule has 1 aliphatic rings. The summed E-state index contributed by atoms with van der Waals surface area (Å²) >= 11 is 2.81. The highest BCUT2D eigenvalue weighted by Crippen LogP contribution is 2.28. The molecule has 2 aromatic rings. The molecule has 0 aromatic carbocycles. The van der Waals surface area contributed by atoms with Gasteiger partial charge in [-0.1, -0.05) is 5.10 Å². The number of aromatic nitrogens is 2. The first-order valence-corrected chi connectivity index (χ1v) is 8.52. The first kappa shape index (κ1) is 15.2. The van der Waals surface area contributed by atoms with Crippen molar-refractivity contribution in [3.63, 3.8) is 0 Å². The van der Waals surface area contributed by atoms with E-state index in [-0.39, 0.29) is 18.2 Å². The molecule has 1 aliphatic heterocycles. The van der Waals surface area contributed by atoms with E-state index in [2.05, 4.69) is 20.9 Å². The van der Waals surface area contributed by atoms with Crippen molar-refractivity contribution in [2.45, 2.75) is 19.1 Å². The van der Waals surface area contributed by atoms with Gasteiger partial charge in [0.2, 0.25) is 5.13 Å². The number of nitrogens with zero attached hydrogens (tertiary/aromatic N) is 3. The van der Waals surface area contributed by atoms with E-state index in [1.165, 1.54) is 18.4 Å². The number of methoxy groups -OCH3 is 1. The van der Waals surface area contributed by atoms with Crippen LogP contribution in [-0.4, -0.2) is 47.4 Å². The molecule has 3 heterocycles. The van der Waals surface area contributed by atoms with E-state index in [4.69, 9.17) is 9.47 Å². The zero-order valence-electron chi connectivity index (χ0n) is 12.2. The van der Waals surface area contributed by atoms with Crippen LogP contribution in [0.4, 0.5) is 9.93 Å². The number of carbonyl (C=O) groups is 1. The lowest BCUT2D eigenvalue weighted by molar-refractivity contribution is -0.0640. The topological polar surface area (TPSA) is 76.6 Å². The van der Waals surface area contributed by atoms with Gasteiger partial charge in [0.1, 0.15) is 6.10 Å². The SMILES string of the molecule is COc1nnc(NC(=O)N2CC(C)OC(c3ccsc3)C2)s1. The number of thiophene rings is 1. The van der Waals surface area contributed by atoms with Crippen molar-refractivity contribution in [3.05, 3.63) is 22.4 Å². The van der Waals surface area contributed by atoms with Crippen LogP contribution in [-0.2, 0) is 4.74 Å². The van der Waals surface area contributed by atoms with Gasteiger partial charge >= 0.3 is 6.03 Å². The van der Waals surface area contributed by atoms with Crippen LogP contribution in [0.3, 0.4) is 0 Å². The zero-order chi connectivity index (χ0) is 15.5. The molecule has 1 fully saturated rings. The molecule has 0 aliphatic carbocycles. The van der Waals surface area contributed by atoms with E-state index in [1.807, 2.05) is 18.4 Å². The molecule has 1 N–H and O–H groups in total. The molecule has 2 amide bonds. The average Bonchev–Trinajstić information content (AvgIpc) is 3.18. The van der Waals surface area contributed by atoms with E-state index in [0.29, 0.717) is 23.4 Å². The average molecular weight is 340 g/mol. The Bertz CT molecular complexity index is 631. The highest BCUT2D eigenvalue weighted by atomic mass is 32.1. The molecule has 118 valence electrons. The summed E-state index contributed by atoms with van der Waals surface area (Å²) in [6, 6.07) is 1.83. The minimum absolute atomic E-state index is 0.0200. The van der Waals surface area contributed by atoms with Gasteiger partial charge in [0.15, 0.2) is 0 Å². The van der Waals surface area contributed by atoms with Gasteiger partial charge in [-0.2, -0.15) is 11.3 Å². The van der Waals surface area contributed by atoms with Gasteiger partial charge in [-0.15, -0.1) is 5.10 Å². The Morgan fingerprint density at radius 1 is 1.50 bits per heavy atom. The summed E-state index contributed by atoms with van der Waals surface area (Å²) in [4.78, 5) is 14.1. The van der Waals surface area contributed by atoms with Crippen LogP contribution in [0.15, 0.2) is 16.8 Å². The van der Waals surface area contributed by atoms with Crippen LogP contribution in [0.25, 0.3) is 0 Å². The standard InChI is InChI=1S/C13H16N4O3S2/c1-8-5-17(6-10(20-8)9-3-4-21-7-9)12(18)14-11-15-16-13(19-2)22-11/h3-4,7-8,10H,5-6H2,1-2H3,(H,14,15,18). The van der Waals surface area contributed by atoms with Crippen molar-refractivity contribution in [1.29, 1.82) is 0 Å². The number of carbonyl (C=O) groups excluding carboxylic acids is 1. The molecule has 2 atom stereocenters. The Hall–Kier alpha value is -1.71. The lowest BCUT2D eigenvalue weighted by Crippen LogP contribution is -2.47. The Morgan fingerprint density at radius 3 is 3.05 bits per heavy atom. The summed E-state index contributed by atoms with van der Waals surface area (Å²) in [5, 5.41) is 15.3. The molecule has 1 saturated heterocycles. The fraction of sp³-hybridized carbons (Fsp3) is 0.462. The lowest BCUT2D eigenvalue weighted by Gasteiger charge is -2.36. The van der Waals surface area contributed by atoms with Gasteiger partial charge in [0.25, 0.3) is 5.19 Å². The van der Waals surface area contributed by atoms with E-state index in [9.17, 15) is 4.79 Å². The molecule has 0 radical (unpaired) electrons. The fourth-order valence-corrected chi connectivity index (χ4v) is 3.52. The number of nitrogens with one attached hydrogen (secondary N) is 1. The first-order valence-electron chi connectivity index (χ1n) is 6.76. The minimum Gasteiger partial charge on any atom is -0.472 e. The van der Waals surface area contributed by atoms with Crippen LogP contribution in [0, 0.1) is 0 Å². The van der Waals surface area contributed by atoms with E-state index in [0.717, 1.165) is 5.56 Å². The van der Waals surface area contributed by atoms with Crippen molar-refractivity contribution in [2.24, 2.45) is 0 Å². The molecule has 2 aromatic heterocycles. The summed E-state index contributed by atoms with van der Waals surface area (Å²) in [6.07, 6.45) is -0.113.